The Hall–Kier alpha value is -3.06. The molecule has 0 saturated heterocycles. The topological polar surface area (TPSA) is 96.4 Å². The van der Waals surface area contributed by atoms with E-state index in [0.717, 1.165) is 0 Å². The number of aromatic nitrogens is 1. The molecule has 3 rings (SSSR count). The quantitative estimate of drug-likeness (QED) is 0.561. The third kappa shape index (κ3) is 4.86. The Morgan fingerprint density at radius 2 is 2.00 bits per heavy atom. The second-order valence-electron chi connectivity index (χ2n) is 6.12. The Balaban J connectivity index is 1.86. The molecule has 0 amide bonds. The number of nitrogens with zero attached hydrogens (tertiary/aromatic N) is 3. The van der Waals surface area contributed by atoms with Crippen LogP contribution in [0.15, 0.2) is 64.1 Å². The fourth-order valence-corrected chi connectivity index (χ4v) is 4.04. The van der Waals surface area contributed by atoms with E-state index in [2.05, 4.69) is 4.98 Å². The first-order valence-electron chi connectivity index (χ1n) is 8.63. The number of halogens is 1. The van der Waals surface area contributed by atoms with E-state index in [-0.39, 0.29) is 30.5 Å². The highest BCUT2D eigenvalue weighted by Gasteiger charge is 2.25. The molecule has 0 atom stereocenters. The van der Waals surface area contributed by atoms with Crippen LogP contribution in [0.2, 0.25) is 0 Å². The zero-order chi connectivity index (χ0) is 20.9. The van der Waals surface area contributed by atoms with Gasteiger partial charge in [0.15, 0.2) is 0 Å². The highest BCUT2D eigenvalue weighted by atomic mass is 32.2. The van der Waals surface area contributed by atoms with Crippen molar-refractivity contribution in [2.45, 2.75) is 11.4 Å². The predicted molar refractivity (Wildman–Crippen MR) is 103 cm³/mol. The molecule has 0 unspecified atom stereocenters. The first-order chi connectivity index (χ1) is 13.9. The van der Waals surface area contributed by atoms with Gasteiger partial charge in [0.1, 0.15) is 12.1 Å². The van der Waals surface area contributed by atoms with Crippen LogP contribution in [0.3, 0.4) is 0 Å². The molecule has 0 saturated carbocycles. The van der Waals surface area contributed by atoms with Crippen LogP contribution in [0.5, 0.6) is 0 Å². The largest absolute Gasteiger partial charge is 0.444 e. The van der Waals surface area contributed by atoms with Gasteiger partial charge in [0, 0.05) is 19.2 Å². The molecule has 1 aromatic heterocycles. The van der Waals surface area contributed by atoms with Gasteiger partial charge in [-0.15, -0.1) is 0 Å². The van der Waals surface area contributed by atoms with E-state index in [4.69, 9.17) is 14.4 Å². The first kappa shape index (κ1) is 20.7. The summed E-state index contributed by atoms with van der Waals surface area (Å²) in [7, 11) is -2.38. The molecular formula is C20H18FN3O4S. The normalized spacial score (nSPS) is 11.5. The minimum atomic E-state index is -3.86. The van der Waals surface area contributed by atoms with Crippen LogP contribution in [0.25, 0.3) is 11.5 Å². The molecule has 0 fully saturated rings. The van der Waals surface area contributed by atoms with Gasteiger partial charge >= 0.3 is 0 Å². The van der Waals surface area contributed by atoms with Gasteiger partial charge in [-0.25, -0.2) is 17.8 Å². The van der Waals surface area contributed by atoms with E-state index in [0.29, 0.717) is 16.8 Å². The van der Waals surface area contributed by atoms with E-state index in [1.165, 1.54) is 60.1 Å². The highest BCUT2D eigenvalue weighted by Crippen LogP contribution is 2.22. The Kier molecular flexibility index (Phi) is 6.39. The molecule has 3 aromatic rings. The molecular weight excluding hydrogens is 397 g/mol. The number of rotatable bonds is 8. The SMILES string of the molecule is COCCN(Cc1coc(-c2cccc(F)c2)n1)S(=O)(=O)c1ccc(C#N)cc1. The van der Waals surface area contributed by atoms with E-state index in [9.17, 15) is 12.8 Å². The van der Waals surface area contributed by atoms with Crippen LogP contribution in [0.1, 0.15) is 11.3 Å². The lowest BCUT2D eigenvalue weighted by Crippen LogP contribution is -2.33. The number of benzene rings is 2. The lowest BCUT2D eigenvalue weighted by molar-refractivity contribution is 0.177. The van der Waals surface area contributed by atoms with Crippen molar-refractivity contribution < 1.29 is 22.0 Å². The van der Waals surface area contributed by atoms with Crippen LogP contribution < -0.4 is 0 Å². The lowest BCUT2D eigenvalue weighted by atomic mass is 10.2. The molecule has 0 spiro atoms. The van der Waals surface area contributed by atoms with Crippen molar-refractivity contribution in [1.29, 1.82) is 5.26 Å². The Morgan fingerprint density at radius 3 is 2.66 bits per heavy atom. The third-order valence-corrected chi connectivity index (χ3v) is 5.99. The molecule has 1 heterocycles. The zero-order valence-corrected chi connectivity index (χ0v) is 16.4. The van der Waals surface area contributed by atoms with Gasteiger partial charge in [-0.05, 0) is 42.5 Å². The number of ether oxygens (including phenoxy) is 1. The van der Waals surface area contributed by atoms with Gasteiger partial charge in [-0.1, -0.05) is 6.07 Å². The lowest BCUT2D eigenvalue weighted by Gasteiger charge is -2.20. The first-order valence-corrected chi connectivity index (χ1v) is 10.1. The monoisotopic (exact) mass is 415 g/mol. The molecule has 2 aromatic carbocycles. The summed E-state index contributed by atoms with van der Waals surface area (Å²) in [5, 5.41) is 8.90. The maximum absolute atomic E-state index is 13.4. The molecule has 0 N–H and O–H groups in total. The van der Waals surface area contributed by atoms with Crippen molar-refractivity contribution in [3.05, 3.63) is 71.9 Å². The van der Waals surface area contributed by atoms with Crippen molar-refractivity contribution in [2.75, 3.05) is 20.3 Å². The standard InChI is InChI=1S/C20H18FN3O4S/c1-27-10-9-24(29(25,26)19-7-5-15(12-22)6-8-19)13-18-14-28-20(23-18)16-3-2-4-17(21)11-16/h2-8,11,14H,9-10,13H2,1H3. The number of hydrogen-bond donors (Lipinski definition) is 0. The fraction of sp³-hybridized carbons (Fsp3) is 0.200. The number of nitriles is 1. The van der Waals surface area contributed by atoms with Gasteiger partial charge in [-0.2, -0.15) is 9.57 Å². The highest BCUT2D eigenvalue weighted by molar-refractivity contribution is 7.89. The van der Waals surface area contributed by atoms with Gasteiger partial charge < -0.3 is 9.15 Å². The summed E-state index contributed by atoms with van der Waals surface area (Å²) in [5.74, 6) is -0.227. The second kappa shape index (κ2) is 8.96. The Labute approximate surface area is 168 Å². The molecule has 0 aliphatic carbocycles. The molecule has 7 nitrogen and oxygen atoms in total. The summed E-state index contributed by atoms with van der Waals surface area (Å²) >= 11 is 0. The van der Waals surface area contributed by atoms with Gasteiger partial charge in [0.05, 0.1) is 35.4 Å². The van der Waals surface area contributed by atoms with Crippen molar-refractivity contribution in [1.82, 2.24) is 9.29 Å². The van der Waals surface area contributed by atoms with Crippen molar-refractivity contribution >= 4 is 10.0 Å². The molecule has 0 aliphatic heterocycles. The van der Waals surface area contributed by atoms with E-state index in [1.54, 1.807) is 6.07 Å². The molecule has 29 heavy (non-hydrogen) atoms. The summed E-state index contributed by atoms with van der Waals surface area (Å²) in [6.45, 7) is 0.232. The molecule has 0 aliphatic rings. The van der Waals surface area contributed by atoms with Crippen molar-refractivity contribution in [2.24, 2.45) is 0 Å². The Bertz CT molecular complexity index is 1120. The number of methoxy groups -OCH3 is 1. The number of hydrogen-bond acceptors (Lipinski definition) is 6. The van der Waals surface area contributed by atoms with Gasteiger partial charge in [-0.3, -0.25) is 0 Å². The molecule has 150 valence electrons. The van der Waals surface area contributed by atoms with Crippen LogP contribution >= 0.6 is 0 Å². The van der Waals surface area contributed by atoms with E-state index in [1.807, 2.05) is 6.07 Å². The number of sulfonamides is 1. The van der Waals surface area contributed by atoms with E-state index >= 15 is 0 Å². The smallest absolute Gasteiger partial charge is 0.243 e. The average molecular weight is 415 g/mol. The average Bonchev–Trinajstić information content (AvgIpc) is 3.20. The summed E-state index contributed by atoms with van der Waals surface area (Å²) in [6.07, 6.45) is 1.34. The van der Waals surface area contributed by atoms with Crippen LogP contribution in [-0.4, -0.2) is 38.0 Å². The summed E-state index contributed by atoms with van der Waals surface area (Å²) < 4.78 is 51.1. The second-order valence-corrected chi connectivity index (χ2v) is 8.06. The maximum atomic E-state index is 13.4. The van der Waals surface area contributed by atoms with E-state index < -0.39 is 15.8 Å². The fourth-order valence-electron chi connectivity index (χ4n) is 2.64. The van der Waals surface area contributed by atoms with Crippen LogP contribution in [-0.2, 0) is 21.3 Å². The molecule has 9 heteroatoms. The van der Waals surface area contributed by atoms with Crippen LogP contribution in [0, 0.1) is 17.1 Å². The molecule has 0 bridgehead atoms. The minimum Gasteiger partial charge on any atom is -0.444 e. The van der Waals surface area contributed by atoms with Crippen LogP contribution in [0.4, 0.5) is 4.39 Å². The van der Waals surface area contributed by atoms with Crippen molar-refractivity contribution in [3.63, 3.8) is 0 Å². The maximum Gasteiger partial charge on any atom is 0.243 e. The Morgan fingerprint density at radius 1 is 1.24 bits per heavy atom. The predicted octanol–water partition coefficient (Wildman–Crippen LogP) is 3.19. The van der Waals surface area contributed by atoms with Gasteiger partial charge in [0.25, 0.3) is 0 Å². The summed E-state index contributed by atoms with van der Waals surface area (Å²) in [6, 6.07) is 13.4. The van der Waals surface area contributed by atoms with Crippen molar-refractivity contribution in [3.8, 4) is 17.5 Å². The zero-order valence-electron chi connectivity index (χ0n) is 15.6. The molecule has 0 radical (unpaired) electrons. The minimum absolute atomic E-state index is 0.0511. The van der Waals surface area contributed by atoms with Gasteiger partial charge in [0.2, 0.25) is 15.9 Å². The summed E-state index contributed by atoms with van der Waals surface area (Å²) in [5.41, 5.74) is 1.19. The summed E-state index contributed by atoms with van der Waals surface area (Å²) in [4.78, 5) is 4.34. The third-order valence-electron chi connectivity index (χ3n) is 4.13. The number of oxazole rings is 1.